The van der Waals surface area contributed by atoms with Gasteiger partial charge >= 0.3 is 5.97 Å². The Kier molecular flexibility index (Phi) is 3.74. The number of nitrogens with two attached hydrogens (primary N) is 1. The average Bonchev–Trinajstić information content (AvgIpc) is 2.84. The molecule has 0 atom stereocenters. The third kappa shape index (κ3) is 2.87. The number of hydrogen-bond acceptors (Lipinski definition) is 6. The van der Waals surface area contributed by atoms with E-state index in [1.165, 1.54) is 19.2 Å². The van der Waals surface area contributed by atoms with Crippen LogP contribution in [-0.4, -0.2) is 32.3 Å². The second-order valence-corrected chi connectivity index (χ2v) is 3.87. The smallest absolute Gasteiger partial charge is 0.307 e. The van der Waals surface area contributed by atoms with Crippen LogP contribution in [0, 0.1) is 0 Å². The molecule has 0 bridgehead atoms. The predicted molar refractivity (Wildman–Crippen MR) is 65.9 cm³/mol. The summed E-state index contributed by atoms with van der Waals surface area (Å²) in [6, 6.07) is 3.06. The van der Waals surface area contributed by atoms with E-state index in [1.807, 2.05) is 0 Å². The summed E-state index contributed by atoms with van der Waals surface area (Å²) in [6.07, 6.45) is 0.104. The Morgan fingerprint density at radius 1 is 1.37 bits per heavy atom. The number of methoxy groups -OCH3 is 1. The highest BCUT2D eigenvalue weighted by Crippen LogP contribution is 2.35. The van der Waals surface area contributed by atoms with Crippen LogP contribution in [0.5, 0.6) is 11.5 Å². The van der Waals surface area contributed by atoms with E-state index < -0.39 is 0 Å². The van der Waals surface area contributed by atoms with Gasteiger partial charge in [0.05, 0.1) is 19.1 Å². The molecule has 1 heterocycles. The van der Waals surface area contributed by atoms with Crippen molar-refractivity contribution in [2.45, 2.75) is 6.42 Å². The van der Waals surface area contributed by atoms with Gasteiger partial charge in [-0.2, -0.15) is 0 Å². The Labute approximate surface area is 109 Å². The van der Waals surface area contributed by atoms with Crippen LogP contribution in [-0.2, 0) is 9.53 Å². The monoisotopic (exact) mass is 266 g/mol. The fraction of sp³-hybridized carbons (Fsp3) is 0.333. The van der Waals surface area contributed by atoms with E-state index in [1.54, 1.807) is 0 Å². The van der Waals surface area contributed by atoms with Crippen molar-refractivity contribution in [2.75, 3.05) is 26.2 Å². The Bertz CT molecular complexity index is 515. The van der Waals surface area contributed by atoms with Gasteiger partial charge in [-0.25, -0.2) is 0 Å². The average molecular weight is 266 g/mol. The minimum absolute atomic E-state index is 0.104. The maximum atomic E-state index is 11.9. The molecule has 0 saturated heterocycles. The van der Waals surface area contributed by atoms with Crippen molar-refractivity contribution in [2.24, 2.45) is 0 Å². The summed E-state index contributed by atoms with van der Waals surface area (Å²) in [5, 5.41) is 2.58. The van der Waals surface area contributed by atoms with Crippen molar-refractivity contribution in [1.29, 1.82) is 0 Å². The van der Waals surface area contributed by atoms with E-state index in [0.717, 1.165) is 0 Å². The lowest BCUT2D eigenvalue weighted by atomic mass is 10.1. The largest absolute Gasteiger partial charge is 0.469 e. The number of esters is 1. The van der Waals surface area contributed by atoms with Gasteiger partial charge < -0.3 is 25.3 Å². The highest BCUT2D eigenvalue weighted by atomic mass is 16.7. The normalized spacial score (nSPS) is 12.1. The predicted octanol–water partition coefficient (Wildman–Crippen LogP) is 0.290. The Balaban J connectivity index is 2.01. The van der Waals surface area contributed by atoms with Crippen molar-refractivity contribution in [3.8, 4) is 11.5 Å². The third-order valence-electron chi connectivity index (χ3n) is 2.63. The zero-order chi connectivity index (χ0) is 13.8. The van der Waals surface area contributed by atoms with Crippen molar-refractivity contribution in [3.05, 3.63) is 17.7 Å². The first-order valence-corrected chi connectivity index (χ1v) is 5.66. The third-order valence-corrected chi connectivity index (χ3v) is 2.63. The van der Waals surface area contributed by atoms with Crippen LogP contribution in [0.4, 0.5) is 5.69 Å². The molecule has 0 fully saturated rings. The fourth-order valence-corrected chi connectivity index (χ4v) is 1.63. The Morgan fingerprint density at radius 2 is 2.05 bits per heavy atom. The van der Waals surface area contributed by atoms with Crippen molar-refractivity contribution in [3.63, 3.8) is 0 Å². The number of nitrogen functional groups attached to an aromatic ring is 1. The molecule has 19 heavy (non-hydrogen) atoms. The lowest BCUT2D eigenvalue weighted by molar-refractivity contribution is -0.140. The van der Waals surface area contributed by atoms with Crippen LogP contribution in [0.3, 0.4) is 0 Å². The SMILES string of the molecule is COC(=O)CCNC(=O)c1cc2c(cc1N)OCO2. The first kappa shape index (κ1) is 13.0. The van der Waals surface area contributed by atoms with E-state index >= 15 is 0 Å². The summed E-state index contributed by atoms with van der Waals surface area (Å²) >= 11 is 0. The number of nitrogens with one attached hydrogen (secondary N) is 1. The number of amides is 1. The molecule has 0 radical (unpaired) electrons. The molecule has 7 nitrogen and oxygen atoms in total. The lowest BCUT2D eigenvalue weighted by Crippen LogP contribution is -2.27. The molecule has 1 aliphatic heterocycles. The van der Waals surface area contributed by atoms with Crippen molar-refractivity contribution in [1.82, 2.24) is 5.32 Å². The molecule has 1 amide bonds. The van der Waals surface area contributed by atoms with E-state index in [-0.39, 0.29) is 37.2 Å². The van der Waals surface area contributed by atoms with Crippen LogP contribution in [0.25, 0.3) is 0 Å². The minimum atomic E-state index is -0.390. The molecule has 2 rings (SSSR count). The number of hydrogen-bond donors (Lipinski definition) is 2. The number of ether oxygens (including phenoxy) is 3. The van der Waals surface area contributed by atoms with Gasteiger partial charge in [-0.3, -0.25) is 9.59 Å². The molecule has 1 aliphatic rings. The number of anilines is 1. The number of carbonyl (C=O) groups is 2. The van der Waals surface area contributed by atoms with Gasteiger partial charge in [0.15, 0.2) is 11.5 Å². The maximum absolute atomic E-state index is 11.9. The molecule has 0 spiro atoms. The van der Waals surface area contributed by atoms with Crippen LogP contribution < -0.4 is 20.5 Å². The quantitative estimate of drug-likeness (QED) is 0.600. The van der Waals surface area contributed by atoms with E-state index in [4.69, 9.17) is 15.2 Å². The molecule has 0 unspecified atom stereocenters. The first-order chi connectivity index (χ1) is 9.11. The molecule has 1 aromatic carbocycles. The lowest BCUT2D eigenvalue weighted by Gasteiger charge is -2.08. The summed E-state index contributed by atoms with van der Waals surface area (Å²) in [4.78, 5) is 22.8. The first-order valence-electron chi connectivity index (χ1n) is 5.66. The van der Waals surface area contributed by atoms with Gasteiger partial charge in [0.25, 0.3) is 5.91 Å². The fourth-order valence-electron chi connectivity index (χ4n) is 1.63. The molecule has 7 heteroatoms. The van der Waals surface area contributed by atoms with E-state index in [0.29, 0.717) is 17.2 Å². The zero-order valence-corrected chi connectivity index (χ0v) is 10.4. The van der Waals surface area contributed by atoms with Gasteiger partial charge in [0.1, 0.15) is 0 Å². The molecule has 0 saturated carbocycles. The second kappa shape index (κ2) is 5.47. The van der Waals surface area contributed by atoms with Crippen molar-refractivity contribution < 1.29 is 23.8 Å². The zero-order valence-electron chi connectivity index (χ0n) is 10.4. The Hall–Kier alpha value is -2.44. The summed E-state index contributed by atoms with van der Waals surface area (Å²) in [7, 11) is 1.29. The van der Waals surface area contributed by atoms with Crippen LogP contribution in [0.1, 0.15) is 16.8 Å². The number of fused-ring (bicyclic) bond motifs is 1. The van der Waals surface area contributed by atoms with Crippen LogP contribution in [0.15, 0.2) is 12.1 Å². The van der Waals surface area contributed by atoms with E-state index in [9.17, 15) is 9.59 Å². The number of benzene rings is 1. The molecule has 102 valence electrons. The topological polar surface area (TPSA) is 99.9 Å². The molecular formula is C12H14N2O5. The standard InChI is InChI=1S/C12H14N2O5/c1-17-11(15)2-3-14-12(16)7-4-9-10(5-8(7)13)19-6-18-9/h4-5H,2-3,6,13H2,1H3,(H,14,16). The maximum Gasteiger partial charge on any atom is 0.307 e. The Morgan fingerprint density at radius 3 is 2.74 bits per heavy atom. The molecule has 0 aliphatic carbocycles. The summed E-state index contributed by atoms with van der Waals surface area (Å²) in [5.74, 6) is 0.231. The molecule has 3 N–H and O–H groups in total. The second-order valence-electron chi connectivity index (χ2n) is 3.87. The van der Waals surface area contributed by atoms with Gasteiger partial charge in [-0.05, 0) is 6.07 Å². The highest BCUT2D eigenvalue weighted by Gasteiger charge is 2.19. The van der Waals surface area contributed by atoms with Gasteiger partial charge in [-0.1, -0.05) is 0 Å². The van der Waals surface area contributed by atoms with E-state index in [2.05, 4.69) is 10.1 Å². The van der Waals surface area contributed by atoms with Gasteiger partial charge in [0, 0.05) is 18.3 Å². The molecule has 1 aromatic rings. The minimum Gasteiger partial charge on any atom is -0.469 e. The number of carbonyl (C=O) groups excluding carboxylic acids is 2. The summed E-state index contributed by atoms with van der Waals surface area (Å²) in [5.41, 5.74) is 6.34. The summed E-state index contributed by atoms with van der Waals surface area (Å²) in [6.45, 7) is 0.293. The molecular weight excluding hydrogens is 252 g/mol. The summed E-state index contributed by atoms with van der Waals surface area (Å²) < 4.78 is 14.8. The highest BCUT2D eigenvalue weighted by molar-refractivity contribution is 6.00. The van der Waals surface area contributed by atoms with Crippen molar-refractivity contribution >= 4 is 17.6 Å². The molecule has 0 aromatic heterocycles. The number of rotatable bonds is 4. The van der Waals surface area contributed by atoms with Crippen LogP contribution in [0.2, 0.25) is 0 Å². The van der Waals surface area contributed by atoms with Crippen LogP contribution >= 0.6 is 0 Å². The van der Waals surface area contributed by atoms with Gasteiger partial charge in [0.2, 0.25) is 6.79 Å². The van der Waals surface area contributed by atoms with Gasteiger partial charge in [-0.15, -0.1) is 0 Å².